The van der Waals surface area contributed by atoms with Crippen molar-refractivity contribution >= 4 is 27.5 Å². The molecule has 0 bridgehead atoms. The standard InChI is InChI=1S/C19H22N5O3S/c20-17-14-18(22-11-21-17)24(12-23-14)19-16(26)15(25)13(27-19)7-10-28-8-5-3-1-2-4-6-9-28/h1-6,8-9,11-13,15-16,19,25-26H,7,10H2,(H2,20,21,22)/q+1/t13-,15-,16-,19-,28?/m1/s1. The Hall–Kier alpha value is -2.59. The van der Waals surface area contributed by atoms with E-state index in [9.17, 15) is 10.2 Å². The normalized spacial score (nSPS) is 24.4. The van der Waals surface area contributed by atoms with Crippen molar-refractivity contribution in [1.29, 1.82) is 0 Å². The van der Waals surface area contributed by atoms with Crippen LogP contribution in [0.15, 0.2) is 59.8 Å². The molecule has 9 heteroatoms. The summed E-state index contributed by atoms with van der Waals surface area (Å²) in [5.41, 5.74) is 6.73. The summed E-state index contributed by atoms with van der Waals surface area (Å²) in [6.07, 6.45) is 0.122. The van der Waals surface area contributed by atoms with Crippen LogP contribution < -0.4 is 5.73 Å². The molecule has 146 valence electrons. The lowest BCUT2D eigenvalue weighted by Gasteiger charge is -2.16. The fourth-order valence-electron chi connectivity index (χ4n) is 3.24. The van der Waals surface area contributed by atoms with E-state index in [-0.39, 0.29) is 16.3 Å². The maximum Gasteiger partial charge on any atom is 0.167 e. The summed E-state index contributed by atoms with van der Waals surface area (Å²) in [5, 5.41) is 25.3. The van der Waals surface area contributed by atoms with Crippen LogP contribution in [0.3, 0.4) is 0 Å². The highest BCUT2D eigenvalue weighted by Gasteiger charge is 2.44. The zero-order valence-corrected chi connectivity index (χ0v) is 15.9. The van der Waals surface area contributed by atoms with Crippen molar-refractivity contribution in [3.8, 4) is 0 Å². The molecule has 0 amide bonds. The molecule has 28 heavy (non-hydrogen) atoms. The molecule has 1 fully saturated rings. The van der Waals surface area contributed by atoms with Gasteiger partial charge in [-0.1, -0.05) is 24.3 Å². The van der Waals surface area contributed by atoms with Crippen molar-refractivity contribution in [3.05, 3.63) is 59.8 Å². The van der Waals surface area contributed by atoms with Crippen LogP contribution in [0.25, 0.3) is 11.2 Å². The minimum atomic E-state index is -1.08. The number of fused-ring (bicyclic) bond motifs is 1. The molecule has 0 aliphatic carbocycles. The Balaban J connectivity index is 1.52. The summed E-state index contributed by atoms with van der Waals surface area (Å²) in [5.74, 6) is 1.08. The lowest BCUT2D eigenvalue weighted by atomic mass is 10.1. The Morgan fingerprint density at radius 3 is 2.46 bits per heavy atom. The van der Waals surface area contributed by atoms with Gasteiger partial charge < -0.3 is 20.7 Å². The molecule has 0 radical (unpaired) electrons. The molecule has 0 saturated carbocycles. The van der Waals surface area contributed by atoms with Gasteiger partial charge in [-0.15, -0.1) is 0 Å². The third-order valence-corrected chi connectivity index (χ3v) is 6.42. The second kappa shape index (κ2) is 8.19. The molecular weight excluding hydrogens is 378 g/mol. The maximum atomic E-state index is 10.5. The van der Waals surface area contributed by atoms with E-state index in [4.69, 9.17) is 10.5 Å². The van der Waals surface area contributed by atoms with E-state index in [1.54, 1.807) is 4.57 Å². The number of ether oxygens (including phenoxy) is 1. The number of nitrogen functional groups attached to an aromatic ring is 1. The van der Waals surface area contributed by atoms with E-state index in [2.05, 4.69) is 25.7 Å². The van der Waals surface area contributed by atoms with Crippen LogP contribution in [0.4, 0.5) is 5.82 Å². The highest BCUT2D eigenvalue weighted by atomic mass is 32.2. The molecule has 3 aromatic heterocycles. The molecule has 8 nitrogen and oxygen atoms in total. The topological polar surface area (TPSA) is 119 Å². The van der Waals surface area contributed by atoms with Gasteiger partial charge in [-0.05, 0) is 22.6 Å². The maximum absolute atomic E-state index is 10.5. The van der Waals surface area contributed by atoms with Crippen LogP contribution in [-0.2, 0) is 10.5 Å². The van der Waals surface area contributed by atoms with E-state index >= 15 is 0 Å². The second-order valence-electron chi connectivity index (χ2n) is 6.52. The van der Waals surface area contributed by atoms with E-state index in [1.165, 1.54) is 12.7 Å². The molecule has 4 atom stereocenters. The first-order valence-electron chi connectivity index (χ1n) is 8.96. The molecule has 3 aromatic rings. The van der Waals surface area contributed by atoms with Gasteiger partial charge in [-0.3, -0.25) is 4.57 Å². The molecule has 0 unspecified atom stereocenters. The number of imidazole rings is 1. The van der Waals surface area contributed by atoms with Crippen LogP contribution >= 0.6 is 10.5 Å². The monoisotopic (exact) mass is 400 g/mol. The molecule has 1 saturated heterocycles. The highest BCUT2D eigenvalue weighted by Crippen LogP contribution is 2.34. The van der Waals surface area contributed by atoms with E-state index in [0.29, 0.717) is 17.6 Å². The van der Waals surface area contributed by atoms with Crippen molar-refractivity contribution in [1.82, 2.24) is 19.5 Å². The van der Waals surface area contributed by atoms with Gasteiger partial charge in [0.2, 0.25) is 0 Å². The van der Waals surface area contributed by atoms with Crippen LogP contribution in [0.2, 0.25) is 0 Å². The molecule has 0 spiro atoms. The summed E-state index contributed by atoms with van der Waals surface area (Å²) in [6.45, 7) is 0. The van der Waals surface area contributed by atoms with Gasteiger partial charge in [-0.2, -0.15) is 0 Å². The number of anilines is 1. The van der Waals surface area contributed by atoms with Gasteiger partial charge in [-0.25, -0.2) is 15.0 Å². The van der Waals surface area contributed by atoms with Crippen molar-refractivity contribution in [3.63, 3.8) is 0 Å². The Morgan fingerprint density at radius 1 is 1.00 bits per heavy atom. The largest absolute Gasteiger partial charge is 0.388 e. The molecular formula is C19H22N5O3S+. The molecule has 4 rings (SSSR count). The Labute approximate surface area is 164 Å². The zero-order chi connectivity index (χ0) is 19.5. The van der Waals surface area contributed by atoms with E-state index in [0.717, 1.165) is 5.75 Å². The van der Waals surface area contributed by atoms with Crippen LogP contribution in [0.5, 0.6) is 0 Å². The number of aryl methyl sites for hydroxylation is 1. The number of nitrogens with zero attached hydrogens (tertiary/aromatic N) is 4. The minimum absolute atomic E-state index is 0.0724. The van der Waals surface area contributed by atoms with Gasteiger partial charge in [0, 0.05) is 6.42 Å². The first-order chi connectivity index (χ1) is 13.6. The number of rotatable bonds is 4. The summed E-state index contributed by atoms with van der Waals surface area (Å²) < 4.78 is 7.60. The van der Waals surface area contributed by atoms with Crippen LogP contribution in [0, 0.1) is 0 Å². The van der Waals surface area contributed by atoms with Gasteiger partial charge >= 0.3 is 0 Å². The molecule has 1 aliphatic heterocycles. The quantitative estimate of drug-likeness (QED) is 0.573. The summed E-state index contributed by atoms with van der Waals surface area (Å²) in [6, 6.07) is 12.0. The van der Waals surface area contributed by atoms with Crippen molar-refractivity contribution in [2.45, 2.75) is 36.7 Å². The predicted octanol–water partition coefficient (Wildman–Crippen LogP) is 1.99. The summed E-state index contributed by atoms with van der Waals surface area (Å²) in [7, 11) is -0.0724. The van der Waals surface area contributed by atoms with E-state index in [1.807, 2.05) is 36.4 Å². The van der Waals surface area contributed by atoms with Gasteiger partial charge in [0.15, 0.2) is 17.7 Å². The average Bonchev–Trinajstić information content (AvgIpc) is 3.27. The highest BCUT2D eigenvalue weighted by molar-refractivity contribution is 7.27. The Morgan fingerprint density at radius 2 is 1.71 bits per heavy atom. The number of aliphatic hydroxyl groups is 2. The van der Waals surface area contributed by atoms with Crippen molar-refractivity contribution < 1.29 is 14.9 Å². The number of aliphatic hydroxyl groups excluding tert-OH is 2. The lowest BCUT2D eigenvalue weighted by molar-refractivity contribution is -0.0361. The fraction of sp³-hybridized carbons (Fsp3) is 0.316. The smallest absolute Gasteiger partial charge is 0.167 e. The van der Waals surface area contributed by atoms with Crippen LogP contribution in [0.1, 0.15) is 12.6 Å². The minimum Gasteiger partial charge on any atom is -0.388 e. The number of aromatic nitrogens is 4. The third kappa shape index (κ3) is 3.69. The SMILES string of the molecule is Nc1ncnc2c1ncn2[C@@H]1O[C@H](CC[s+]2cccccccc2)[C@@H](O)[C@H]1O. The molecule has 4 N–H and O–H groups in total. The van der Waals surface area contributed by atoms with Crippen molar-refractivity contribution in [2.75, 3.05) is 5.73 Å². The predicted molar refractivity (Wildman–Crippen MR) is 107 cm³/mol. The number of hydrogen-bond acceptors (Lipinski definition) is 7. The van der Waals surface area contributed by atoms with Gasteiger partial charge in [0.1, 0.15) is 40.6 Å². The number of hydrogen-bond donors (Lipinski definition) is 3. The lowest BCUT2D eigenvalue weighted by Crippen LogP contribution is -2.31. The molecule has 4 heterocycles. The van der Waals surface area contributed by atoms with Gasteiger partial charge in [0.25, 0.3) is 0 Å². The third-order valence-electron chi connectivity index (χ3n) is 4.70. The first-order valence-corrected chi connectivity index (χ1v) is 10.5. The van der Waals surface area contributed by atoms with Crippen molar-refractivity contribution in [2.24, 2.45) is 0 Å². The molecule has 0 aromatic carbocycles. The van der Waals surface area contributed by atoms with Crippen LogP contribution in [-0.4, -0.2) is 48.0 Å². The Bertz CT molecular complexity index is 982. The summed E-state index contributed by atoms with van der Waals surface area (Å²) >= 11 is 0. The molecule has 1 aliphatic rings. The summed E-state index contributed by atoms with van der Waals surface area (Å²) in [4.78, 5) is 12.3. The van der Waals surface area contributed by atoms with E-state index < -0.39 is 24.5 Å². The fourth-order valence-corrected chi connectivity index (χ4v) is 4.69. The second-order valence-corrected chi connectivity index (χ2v) is 8.41. The number of nitrogens with two attached hydrogens (primary N) is 1. The Kier molecular flexibility index (Phi) is 5.49. The zero-order valence-electron chi connectivity index (χ0n) is 15.1. The first kappa shape index (κ1) is 18.8. The van der Waals surface area contributed by atoms with Gasteiger partial charge in [0.05, 0.1) is 12.4 Å². The average molecular weight is 400 g/mol.